The Labute approximate surface area is 152 Å². The molecule has 2 aromatic carbocycles. The van der Waals surface area contributed by atoms with Gasteiger partial charge in [-0.2, -0.15) is 0 Å². The van der Waals surface area contributed by atoms with E-state index in [1.165, 1.54) is 17.7 Å². The number of anilines is 1. The van der Waals surface area contributed by atoms with E-state index in [1.54, 1.807) is 11.9 Å². The third-order valence-electron chi connectivity index (χ3n) is 4.56. The molecule has 130 valence electrons. The van der Waals surface area contributed by atoms with Crippen LogP contribution in [0.5, 0.6) is 5.75 Å². The van der Waals surface area contributed by atoms with Crippen LogP contribution < -0.4 is 9.46 Å². The molecule has 25 heavy (non-hydrogen) atoms. The van der Waals surface area contributed by atoms with Crippen LogP contribution in [0.25, 0.3) is 11.1 Å². The predicted molar refractivity (Wildman–Crippen MR) is 106 cm³/mol. The molecule has 2 aromatic rings. The van der Waals surface area contributed by atoms with Crippen LogP contribution >= 0.6 is 11.9 Å². The van der Waals surface area contributed by atoms with E-state index in [0.29, 0.717) is 12.4 Å². The third kappa shape index (κ3) is 3.59. The number of hydrogen-bond acceptors (Lipinski definition) is 3. The van der Waals surface area contributed by atoms with Gasteiger partial charge < -0.3 is 9.46 Å². The molecule has 4 heteroatoms. The number of fused-ring (bicyclic) bond motifs is 1. The van der Waals surface area contributed by atoms with Crippen LogP contribution in [0.15, 0.2) is 53.6 Å². The van der Waals surface area contributed by atoms with Crippen LogP contribution in [-0.2, 0) is 0 Å². The topological polar surface area (TPSA) is 21.3 Å². The van der Waals surface area contributed by atoms with Crippen molar-refractivity contribution in [1.82, 2.24) is 0 Å². The van der Waals surface area contributed by atoms with Crippen molar-refractivity contribution >= 4 is 28.8 Å². The third-order valence-corrected chi connectivity index (χ3v) is 5.00. The van der Waals surface area contributed by atoms with Gasteiger partial charge in [-0.25, -0.2) is 4.39 Å². The highest BCUT2D eigenvalue weighted by Gasteiger charge is 2.20. The smallest absolute Gasteiger partial charge is 0.130 e. The summed E-state index contributed by atoms with van der Waals surface area (Å²) in [5.41, 5.74) is 7.75. The van der Waals surface area contributed by atoms with Gasteiger partial charge in [0.05, 0.1) is 0 Å². The number of allylic oxidation sites excluding steroid dienone is 3. The maximum Gasteiger partial charge on any atom is 0.130 e. The van der Waals surface area contributed by atoms with Gasteiger partial charge >= 0.3 is 0 Å². The van der Waals surface area contributed by atoms with Gasteiger partial charge in [0.1, 0.15) is 18.2 Å². The van der Waals surface area contributed by atoms with Crippen molar-refractivity contribution in [1.29, 1.82) is 0 Å². The first-order chi connectivity index (χ1) is 12.0. The molecule has 0 saturated carbocycles. The van der Waals surface area contributed by atoms with E-state index in [2.05, 4.69) is 37.6 Å². The summed E-state index contributed by atoms with van der Waals surface area (Å²) in [6.45, 7) is 6.77. The molecule has 0 saturated heterocycles. The lowest BCUT2D eigenvalue weighted by atomic mass is 9.89. The van der Waals surface area contributed by atoms with Gasteiger partial charge in [-0.05, 0) is 72.9 Å². The van der Waals surface area contributed by atoms with Gasteiger partial charge in [0, 0.05) is 23.6 Å². The van der Waals surface area contributed by atoms with E-state index >= 15 is 0 Å². The number of halogens is 1. The lowest BCUT2D eigenvalue weighted by Gasteiger charge is -2.16. The summed E-state index contributed by atoms with van der Waals surface area (Å²) < 4.78 is 22.8. The van der Waals surface area contributed by atoms with Crippen LogP contribution in [0.2, 0.25) is 0 Å². The van der Waals surface area contributed by atoms with Crippen LogP contribution in [0, 0.1) is 5.82 Å². The Bertz CT molecular complexity index is 870. The second-order valence-corrected chi connectivity index (χ2v) is 6.83. The standard InChI is InChI=1S/C21H22FNOS/c1-13-12-24-20-11-17(22)8-9-19(20)21(14(13)2)15(3)16-6-5-7-18(10-16)23-25-4/h5-11,23H,12H2,1-4H3/b21-15+. The van der Waals surface area contributed by atoms with E-state index in [4.69, 9.17) is 4.74 Å². The fourth-order valence-corrected chi connectivity index (χ4v) is 3.46. The zero-order chi connectivity index (χ0) is 18.0. The van der Waals surface area contributed by atoms with Gasteiger partial charge in [0.2, 0.25) is 0 Å². The molecule has 0 bridgehead atoms. The van der Waals surface area contributed by atoms with Gasteiger partial charge in [0.25, 0.3) is 0 Å². The van der Waals surface area contributed by atoms with Crippen molar-refractivity contribution in [2.45, 2.75) is 20.8 Å². The molecule has 1 heterocycles. The second-order valence-electron chi connectivity index (χ2n) is 6.22. The molecular weight excluding hydrogens is 333 g/mol. The summed E-state index contributed by atoms with van der Waals surface area (Å²) in [5.74, 6) is 0.322. The Morgan fingerprint density at radius 3 is 2.72 bits per heavy atom. The van der Waals surface area contributed by atoms with Gasteiger partial charge in [-0.1, -0.05) is 24.1 Å². The predicted octanol–water partition coefficient (Wildman–Crippen LogP) is 6.18. The number of nitrogens with one attached hydrogen (secondary N) is 1. The molecule has 2 nitrogen and oxygen atoms in total. The van der Waals surface area contributed by atoms with Crippen molar-refractivity contribution in [2.24, 2.45) is 0 Å². The summed E-state index contributed by atoms with van der Waals surface area (Å²) in [5, 5.41) is 0. The fourth-order valence-electron chi connectivity index (χ4n) is 3.09. The van der Waals surface area contributed by atoms with Gasteiger partial charge in [0.15, 0.2) is 0 Å². The molecule has 1 aliphatic heterocycles. The molecule has 1 N–H and O–H groups in total. The average Bonchev–Trinajstić information content (AvgIpc) is 2.72. The number of benzene rings is 2. The quantitative estimate of drug-likeness (QED) is 0.665. The Kier molecular flexibility index (Phi) is 5.19. The summed E-state index contributed by atoms with van der Waals surface area (Å²) in [7, 11) is 0. The summed E-state index contributed by atoms with van der Waals surface area (Å²) >= 11 is 1.57. The molecule has 1 aliphatic rings. The molecule has 0 amide bonds. The van der Waals surface area contributed by atoms with E-state index in [0.717, 1.165) is 33.5 Å². The van der Waals surface area contributed by atoms with E-state index in [-0.39, 0.29) is 5.82 Å². The van der Waals surface area contributed by atoms with Crippen molar-refractivity contribution < 1.29 is 9.13 Å². The zero-order valence-electron chi connectivity index (χ0n) is 14.9. The van der Waals surface area contributed by atoms with Gasteiger partial charge in [-0.15, -0.1) is 0 Å². The first-order valence-electron chi connectivity index (χ1n) is 8.21. The maximum atomic E-state index is 13.7. The molecular formula is C21H22FNOS. The molecule has 0 aliphatic carbocycles. The fraction of sp³-hybridized carbons (Fsp3) is 0.238. The minimum Gasteiger partial charge on any atom is -0.488 e. The summed E-state index contributed by atoms with van der Waals surface area (Å²) in [6, 6.07) is 13.1. The van der Waals surface area contributed by atoms with Crippen LogP contribution in [0.1, 0.15) is 31.9 Å². The lowest BCUT2D eigenvalue weighted by Crippen LogP contribution is -1.98. The Hall–Kier alpha value is -2.20. The lowest BCUT2D eigenvalue weighted by molar-refractivity contribution is 0.350. The molecule has 3 rings (SSSR count). The minimum absolute atomic E-state index is 0.279. The second kappa shape index (κ2) is 7.36. The normalized spacial score (nSPS) is 16.0. The van der Waals surface area contributed by atoms with Crippen molar-refractivity contribution in [3.8, 4) is 5.75 Å². The molecule has 0 radical (unpaired) electrons. The van der Waals surface area contributed by atoms with E-state index < -0.39 is 0 Å². The molecule has 0 unspecified atom stereocenters. The van der Waals surface area contributed by atoms with E-state index in [9.17, 15) is 4.39 Å². The molecule has 0 spiro atoms. The number of hydrogen-bond donors (Lipinski definition) is 1. The Morgan fingerprint density at radius 1 is 1.16 bits per heavy atom. The monoisotopic (exact) mass is 355 g/mol. The van der Waals surface area contributed by atoms with Gasteiger partial charge in [-0.3, -0.25) is 0 Å². The molecule has 0 fully saturated rings. The Morgan fingerprint density at radius 2 is 1.96 bits per heavy atom. The number of rotatable bonds is 3. The highest BCUT2D eigenvalue weighted by molar-refractivity contribution is 7.99. The highest BCUT2D eigenvalue weighted by Crippen LogP contribution is 2.40. The molecule has 0 aromatic heterocycles. The maximum absolute atomic E-state index is 13.7. The highest BCUT2D eigenvalue weighted by atomic mass is 32.2. The molecule has 0 atom stereocenters. The Balaban J connectivity index is 2.22. The van der Waals surface area contributed by atoms with E-state index in [1.807, 2.05) is 24.5 Å². The van der Waals surface area contributed by atoms with Crippen LogP contribution in [0.4, 0.5) is 10.1 Å². The summed E-state index contributed by atoms with van der Waals surface area (Å²) in [4.78, 5) is 0. The summed E-state index contributed by atoms with van der Waals surface area (Å²) in [6.07, 6.45) is 2.00. The first kappa shape index (κ1) is 17.6. The first-order valence-corrected chi connectivity index (χ1v) is 9.43. The zero-order valence-corrected chi connectivity index (χ0v) is 15.8. The minimum atomic E-state index is -0.279. The number of ether oxygens (including phenoxy) is 1. The van der Waals surface area contributed by atoms with Crippen LogP contribution in [-0.4, -0.2) is 12.9 Å². The average molecular weight is 355 g/mol. The van der Waals surface area contributed by atoms with Crippen molar-refractivity contribution in [2.75, 3.05) is 17.6 Å². The van der Waals surface area contributed by atoms with Crippen LogP contribution in [0.3, 0.4) is 0 Å². The largest absolute Gasteiger partial charge is 0.488 e. The SMILES string of the molecule is CSNc1cccc(/C(C)=C2\C(C)=C(C)COc3cc(F)ccc32)c1. The van der Waals surface area contributed by atoms with Crippen molar-refractivity contribution in [3.63, 3.8) is 0 Å². The van der Waals surface area contributed by atoms with Crippen molar-refractivity contribution in [3.05, 3.63) is 70.6 Å².